The number of nitrogens with zero attached hydrogens (tertiary/aromatic N) is 2. The summed E-state index contributed by atoms with van der Waals surface area (Å²) in [5.41, 5.74) is 2.50. The van der Waals surface area contributed by atoms with Gasteiger partial charge in [0.05, 0.1) is 0 Å². The van der Waals surface area contributed by atoms with Gasteiger partial charge >= 0.3 is 0 Å². The van der Waals surface area contributed by atoms with E-state index in [2.05, 4.69) is 4.98 Å². The predicted molar refractivity (Wildman–Crippen MR) is 86.4 cm³/mol. The SMILES string of the molecule is O=C1CCCN1c1ccc(OCc2nc3ccccc3o2)cc1. The maximum atomic E-state index is 11.7. The van der Waals surface area contributed by atoms with Crippen molar-refractivity contribution in [1.82, 2.24) is 4.98 Å². The molecule has 1 saturated heterocycles. The van der Waals surface area contributed by atoms with Gasteiger partial charge in [-0.3, -0.25) is 4.79 Å². The fourth-order valence-corrected chi connectivity index (χ4v) is 2.77. The second kappa shape index (κ2) is 5.76. The van der Waals surface area contributed by atoms with Crippen LogP contribution in [0.15, 0.2) is 52.9 Å². The highest BCUT2D eigenvalue weighted by molar-refractivity contribution is 5.95. The third kappa shape index (κ3) is 2.77. The second-order valence-electron chi connectivity index (χ2n) is 5.51. The lowest BCUT2D eigenvalue weighted by Gasteiger charge is -2.15. The molecule has 0 saturated carbocycles. The van der Waals surface area contributed by atoms with Gasteiger partial charge in [-0.1, -0.05) is 12.1 Å². The monoisotopic (exact) mass is 308 g/mol. The standard InChI is InChI=1S/C18H16N2O3/c21-18-6-3-11-20(18)13-7-9-14(10-8-13)22-12-17-19-15-4-1-2-5-16(15)23-17/h1-2,4-5,7-10H,3,6,11-12H2. The smallest absolute Gasteiger partial charge is 0.233 e. The summed E-state index contributed by atoms with van der Waals surface area (Å²) < 4.78 is 11.3. The van der Waals surface area contributed by atoms with Crippen molar-refractivity contribution in [3.05, 3.63) is 54.4 Å². The van der Waals surface area contributed by atoms with Gasteiger partial charge in [-0.2, -0.15) is 0 Å². The highest BCUT2D eigenvalue weighted by Gasteiger charge is 2.21. The van der Waals surface area contributed by atoms with Gasteiger partial charge < -0.3 is 14.1 Å². The van der Waals surface area contributed by atoms with Crippen LogP contribution < -0.4 is 9.64 Å². The van der Waals surface area contributed by atoms with Crippen molar-refractivity contribution in [2.45, 2.75) is 19.4 Å². The molecule has 1 aliphatic rings. The molecule has 2 aromatic carbocycles. The summed E-state index contributed by atoms with van der Waals surface area (Å²) in [5, 5.41) is 0. The average Bonchev–Trinajstić information content (AvgIpc) is 3.19. The number of oxazole rings is 1. The first-order valence-corrected chi connectivity index (χ1v) is 7.67. The van der Waals surface area contributed by atoms with E-state index in [0.29, 0.717) is 12.3 Å². The molecule has 0 unspecified atom stereocenters. The van der Waals surface area contributed by atoms with Crippen LogP contribution in [0.5, 0.6) is 5.75 Å². The number of para-hydroxylation sites is 2. The first kappa shape index (κ1) is 13.8. The van der Waals surface area contributed by atoms with Gasteiger partial charge in [-0.15, -0.1) is 0 Å². The Bertz CT molecular complexity index is 806. The third-order valence-electron chi connectivity index (χ3n) is 3.92. The molecule has 0 spiro atoms. The largest absolute Gasteiger partial charge is 0.484 e. The van der Waals surface area contributed by atoms with Crippen LogP contribution in [0.3, 0.4) is 0 Å². The first-order valence-electron chi connectivity index (χ1n) is 7.67. The Balaban J connectivity index is 1.43. The van der Waals surface area contributed by atoms with Crippen molar-refractivity contribution in [1.29, 1.82) is 0 Å². The van der Waals surface area contributed by atoms with Crippen LogP contribution in [0.2, 0.25) is 0 Å². The van der Waals surface area contributed by atoms with E-state index in [1.165, 1.54) is 0 Å². The maximum Gasteiger partial charge on any atom is 0.233 e. The zero-order chi connectivity index (χ0) is 15.6. The molecule has 3 aromatic rings. The van der Waals surface area contributed by atoms with E-state index in [9.17, 15) is 4.79 Å². The third-order valence-corrected chi connectivity index (χ3v) is 3.92. The van der Waals surface area contributed by atoms with Crippen LogP contribution in [-0.4, -0.2) is 17.4 Å². The van der Waals surface area contributed by atoms with Crippen molar-refractivity contribution in [2.24, 2.45) is 0 Å². The summed E-state index contributed by atoms with van der Waals surface area (Å²) in [6, 6.07) is 15.2. The number of hydrogen-bond acceptors (Lipinski definition) is 4. The molecule has 0 bridgehead atoms. The Morgan fingerprint density at radius 1 is 1.13 bits per heavy atom. The van der Waals surface area contributed by atoms with Crippen LogP contribution >= 0.6 is 0 Å². The summed E-state index contributed by atoms with van der Waals surface area (Å²) in [6.45, 7) is 1.07. The van der Waals surface area contributed by atoms with Gasteiger partial charge in [0.1, 0.15) is 11.3 Å². The zero-order valence-corrected chi connectivity index (χ0v) is 12.6. The Labute approximate surface area is 133 Å². The van der Waals surface area contributed by atoms with Crippen LogP contribution in [0.25, 0.3) is 11.1 Å². The van der Waals surface area contributed by atoms with Crippen molar-refractivity contribution >= 4 is 22.7 Å². The number of rotatable bonds is 4. The fraction of sp³-hybridized carbons (Fsp3) is 0.222. The molecule has 1 aliphatic heterocycles. The lowest BCUT2D eigenvalue weighted by atomic mass is 10.3. The molecule has 0 aliphatic carbocycles. The molecule has 5 heteroatoms. The Hall–Kier alpha value is -2.82. The molecule has 0 atom stereocenters. The van der Waals surface area contributed by atoms with Crippen LogP contribution in [0.4, 0.5) is 5.69 Å². The van der Waals surface area contributed by atoms with Crippen LogP contribution in [-0.2, 0) is 11.4 Å². The lowest BCUT2D eigenvalue weighted by Crippen LogP contribution is -2.23. The Kier molecular flexibility index (Phi) is 3.46. The minimum Gasteiger partial charge on any atom is -0.484 e. The van der Waals surface area contributed by atoms with Gasteiger partial charge in [0.25, 0.3) is 0 Å². The number of carbonyl (C=O) groups excluding carboxylic acids is 1. The quantitative estimate of drug-likeness (QED) is 0.740. The molecule has 1 fully saturated rings. The van der Waals surface area contributed by atoms with Crippen molar-refractivity contribution in [3.63, 3.8) is 0 Å². The van der Waals surface area contributed by atoms with Gasteiger partial charge in [0.2, 0.25) is 11.8 Å². The first-order chi connectivity index (χ1) is 11.3. The van der Waals surface area contributed by atoms with Gasteiger partial charge in [-0.25, -0.2) is 4.98 Å². The van der Waals surface area contributed by atoms with E-state index in [-0.39, 0.29) is 12.5 Å². The lowest BCUT2D eigenvalue weighted by molar-refractivity contribution is -0.117. The van der Waals surface area contributed by atoms with Gasteiger partial charge in [0.15, 0.2) is 12.2 Å². The van der Waals surface area contributed by atoms with Crippen molar-refractivity contribution < 1.29 is 13.9 Å². The van der Waals surface area contributed by atoms with Gasteiger partial charge in [0, 0.05) is 18.7 Å². The molecule has 0 N–H and O–H groups in total. The predicted octanol–water partition coefficient (Wildman–Crippen LogP) is 3.53. The molecule has 2 heterocycles. The molecule has 23 heavy (non-hydrogen) atoms. The molecule has 5 nitrogen and oxygen atoms in total. The summed E-state index contributed by atoms with van der Waals surface area (Å²) >= 11 is 0. The molecule has 1 amide bonds. The molecule has 0 radical (unpaired) electrons. The number of anilines is 1. The number of fused-ring (bicyclic) bond motifs is 1. The number of carbonyl (C=O) groups is 1. The summed E-state index contributed by atoms with van der Waals surface area (Å²) in [4.78, 5) is 17.9. The molecule has 4 rings (SSSR count). The molecular formula is C18H16N2O3. The number of amides is 1. The van der Waals surface area contributed by atoms with E-state index < -0.39 is 0 Å². The minimum absolute atomic E-state index is 0.185. The molecule has 116 valence electrons. The summed E-state index contributed by atoms with van der Waals surface area (Å²) in [7, 11) is 0. The van der Waals surface area contributed by atoms with Gasteiger partial charge in [-0.05, 0) is 42.8 Å². The molecular weight excluding hydrogens is 292 g/mol. The Morgan fingerprint density at radius 2 is 1.96 bits per heavy atom. The molecule has 1 aromatic heterocycles. The normalized spacial score (nSPS) is 14.6. The van der Waals surface area contributed by atoms with Crippen molar-refractivity contribution in [3.8, 4) is 5.75 Å². The van der Waals surface area contributed by atoms with Crippen molar-refractivity contribution in [2.75, 3.05) is 11.4 Å². The van der Waals surface area contributed by atoms with E-state index in [1.54, 1.807) is 0 Å². The van der Waals surface area contributed by atoms with E-state index in [1.807, 2.05) is 53.4 Å². The highest BCUT2D eigenvalue weighted by atomic mass is 16.5. The number of benzene rings is 2. The van der Waals surface area contributed by atoms with E-state index >= 15 is 0 Å². The number of hydrogen-bond donors (Lipinski definition) is 0. The second-order valence-corrected chi connectivity index (χ2v) is 5.51. The Morgan fingerprint density at radius 3 is 2.70 bits per heavy atom. The maximum absolute atomic E-state index is 11.7. The number of aromatic nitrogens is 1. The van der Waals surface area contributed by atoms with Crippen LogP contribution in [0.1, 0.15) is 18.7 Å². The summed E-state index contributed by atoms with van der Waals surface area (Å²) in [6.07, 6.45) is 1.56. The van der Waals surface area contributed by atoms with E-state index in [0.717, 1.165) is 35.5 Å². The average molecular weight is 308 g/mol. The topological polar surface area (TPSA) is 55.6 Å². The summed E-state index contributed by atoms with van der Waals surface area (Å²) in [5.74, 6) is 1.46. The fourth-order valence-electron chi connectivity index (χ4n) is 2.77. The number of ether oxygens (including phenoxy) is 1. The van der Waals surface area contributed by atoms with Crippen LogP contribution in [0, 0.1) is 0 Å². The van der Waals surface area contributed by atoms with E-state index in [4.69, 9.17) is 9.15 Å². The minimum atomic E-state index is 0.185. The highest BCUT2D eigenvalue weighted by Crippen LogP contribution is 2.24. The zero-order valence-electron chi connectivity index (χ0n) is 12.6.